The molecule has 0 radical (unpaired) electrons. The van der Waals surface area contributed by atoms with E-state index in [0.29, 0.717) is 17.3 Å². The van der Waals surface area contributed by atoms with Gasteiger partial charge in [-0.15, -0.1) is 0 Å². The lowest BCUT2D eigenvalue weighted by atomic mass is 10.0. The summed E-state index contributed by atoms with van der Waals surface area (Å²) in [6.45, 7) is 0.355. The first-order valence-electron chi connectivity index (χ1n) is 5.55. The van der Waals surface area contributed by atoms with E-state index in [-0.39, 0.29) is 18.7 Å². The molecule has 2 rings (SSSR count). The van der Waals surface area contributed by atoms with Gasteiger partial charge in [-0.2, -0.15) is 0 Å². The predicted octanol–water partition coefficient (Wildman–Crippen LogP) is 1.24. The Morgan fingerprint density at radius 3 is 2.79 bits per heavy atom. The molecule has 1 atom stereocenters. The van der Waals surface area contributed by atoms with Gasteiger partial charge in [0.2, 0.25) is 0 Å². The maximum atomic E-state index is 11.1. The second-order valence-corrected chi connectivity index (χ2v) is 4.96. The fourth-order valence-corrected chi connectivity index (χ4v) is 2.28. The van der Waals surface area contributed by atoms with Crippen molar-refractivity contribution in [3.8, 4) is 0 Å². The summed E-state index contributed by atoms with van der Waals surface area (Å²) in [5.41, 5.74) is 4.56. The summed E-state index contributed by atoms with van der Waals surface area (Å²) in [5.74, 6) is -1.11. The number of rotatable bonds is 3. The molecule has 8 heteroatoms. The molecule has 0 amide bonds. The molecule has 1 aliphatic rings. The molecule has 1 fully saturated rings. The Balaban J connectivity index is 2.36. The molecule has 1 aromatic rings. The molecule has 1 heterocycles. The highest BCUT2D eigenvalue weighted by atomic mass is 35.5. The Labute approximate surface area is 113 Å². The number of nitro groups is 1. The average Bonchev–Trinajstić information content (AvgIpc) is 2.73. The van der Waals surface area contributed by atoms with Crippen molar-refractivity contribution in [1.82, 2.24) is 0 Å². The summed E-state index contributed by atoms with van der Waals surface area (Å²) in [5, 5.41) is 20.4. The van der Waals surface area contributed by atoms with Gasteiger partial charge in [0.25, 0.3) is 5.69 Å². The number of hydrogen-bond donors (Lipinski definition) is 2. The summed E-state index contributed by atoms with van der Waals surface area (Å²) in [4.78, 5) is 23.1. The van der Waals surface area contributed by atoms with Crippen LogP contribution in [0.3, 0.4) is 0 Å². The second kappa shape index (κ2) is 4.67. The first kappa shape index (κ1) is 13.6. The first-order chi connectivity index (χ1) is 8.83. The standard InChI is InChI=1S/C11H12ClN3O4/c12-7-1-2-8(15(18)19)9(5-7)14-4-3-11(13,6-14)10(16)17/h1-2,5H,3-4,6,13H2,(H,16,17). The van der Waals surface area contributed by atoms with E-state index in [9.17, 15) is 14.9 Å². The van der Waals surface area contributed by atoms with Gasteiger partial charge in [-0.3, -0.25) is 14.9 Å². The monoisotopic (exact) mass is 285 g/mol. The van der Waals surface area contributed by atoms with Crippen molar-refractivity contribution in [2.24, 2.45) is 5.73 Å². The molecule has 7 nitrogen and oxygen atoms in total. The fourth-order valence-electron chi connectivity index (χ4n) is 2.12. The Morgan fingerprint density at radius 2 is 2.26 bits per heavy atom. The predicted molar refractivity (Wildman–Crippen MR) is 69.5 cm³/mol. The third-order valence-corrected chi connectivity index (χ3v) is 3.44. The molecule has 1 unspecified atom stereocenters. The minimum absolute atomic E-state index is 0.0174. The van der Waals surface area contributed by atoms with Gasteiger partial charge in [-0.05, 0) is 18.6 Å². The van der Waals surface area contributed by atoms with E-state index in [0.717, 1.165) is 0 Å². The number of carbonyl (C=O) groups is 1. The number of benzene rings is 1. The van der Waals surface area contributed by atoms with Crippen molar-refractivity contribution in [3.05, 3.63) is 33.3 Å². The Hall–Kier alpha value is -1.86. The molecule has 0 bridgehead atoms. The highest BCUT2D eigenvalue weighted by molar-refractivity contribution is 6.31. The van der Waals surface area contributed by atoms with Crippen LogP contribution in [0.5, 0.6) is 0 Å². The average molecular weight is 286 g/mol. The highest BCUT2D eigenvalue weighted by Crippen LogP contribution is 2.34. The van der Waals surface area contributed by atoms with E-state index in [1.807, 2.05) is 0 Å². The Bertz CT molecular complexity index is 551. The van der Waals surface area contributed by atoms with Crippen LogP contribution >= 0.6 is 11.6 Å². The number of carboxylic acid groups (broad SMARTS) is 1. The van der Waals surface area contributed by atoms with E-state index in [1.54, 1.807) is 4.90 Å². The molecule has 1 aliphatic heterocycles. The van der Waals surface area contributed by atoms with Crippen LogP contribution in [0.25, 0.3) is 0 Å². The molecule has 0 aromatic heterocycles. The van der Waals surface area contributed by atoms with Gasteiger partial charge < -0.3 is 15.7 Å². The lowest BCUT2D eigenvalue weighted by Gasteiger charge is -2.21. The molecule has 3 N–H and O–H groups in total. The molecule has 102 valence electrons. The number of aliphatic carboxylic acids is 1. The number of halogens is 1. The molecule has 1 aromatic carbocycles. The van der Waals surface area contributed by atoms with E-state index >= 15 is 0 Å². The quantitative estimate of drug-likeness (QED) is 0.639. The SMILES string of the molecule is NC1(C(=O)O)CCN(c2cc(Cl)ccc2[N+](=O)[O-])C1. The van der Waals surface area contributed by atoms with Crippen LogP contribution in [-0.2, 0) is 4.79 Å². The summed E-state index contributed by atoms with van der Waals surface area (Å²) < 4.78 is 0. The summed E-state index contributed by atoms with van der Waals surface area (Å²) >= 11 is 5.84. The van der Waals surface area contributed by atoms with Crippen LogP contribution in [-0.4, -0.2) is 34.6 Å². The third-order valence-electron chi connectivity index (χ3n) is 3.20. The molecule has 1 saturated heterocycles. The number of nitro benzene ring substituents is 1. The van der Waals surface area contributed by atoms with Crippen molar-refractivity contribution in [3.63, 3.8) is 0 Å². The van der Waals surface area contributed by atoms with Crippen LogP contribution in [0.15, 0.2) is 18.2 Å². The number of carboxylic acids is 1. The zero-order valence-electron chi connectivity index (χ0n) is 9.88. The van der Waals surface area contributed by atoms with Crippen LogP contribution in [0.2, 0.25) is 5.02 Å². The maximum absolute atomic E-state index is 11.1. The van der Waals surface area contributed by atoms with Crippen LogP contribution in [0, 0.1) is 10.1 Å². The third kappa shape index (κ3) is 2.47. The lowest BCUT2D eigenvalue weighted by molar-refractivity contribution is -0.384. The van der Waals surface area contributed by atoms with Gasteiger partial charge in [0.05, 0.1) is 4.92 Å². The van der Waals surface area contributed by atoms with Crippen molar-refractivity contribution in [2.75, 3.05) is 18.0 Å². The molecule has 0 aliphatic carbocycles. The number of hydrogen-bond acceptors (Lipinski definition) is 5. The summed E-state index contributed by atoms with van der Waals surface area (Å²) in [6, 6.07) is 4.17. The van der Waals surface area contributed by atoms with E-state index in [4.69, 9.17) is 22.4 Å². The Kier molecular flexibility index (Phi) is 3.34. The van der Waals surface area contributed by atoms with Crippen LogP contribution < -0.4 is 10.6 Å². The molecule has 0 spiro atoms. The number of nitrogens with two attached hydrogens (primary N) is 1. The fraction of sp³-hybridized carbons (Fsp3) is 0.364. The van der Waals surface area contributed by atoms with Crippen molar-refractivity contribution in [1.29, 1.82) is 0 Å². The zero-order valence-corrected chi connectivity index (χ0v) is 10.6. The Morgan fingerprint density at radius 1 is 1.58 bits per heavy atom. The smallest absolute Gasteiger partial charge is 0.325 e. The molecule has 0 saturated carbocycles. The van der Waals surface area contributed by atoms with Gasteiger partial charge in [0.15, 0.2) is 0 Å². The van der Waals surface area contributed by atoms with Gasteiger partial charge >= 0.3 is 5.97 Å². The van der Waals surface area contributed by atoms with Crippen molar-refractivity contribution < 1.29 is 14.8 Å². The van der Waals surface area contributed by atoms with Crippen molar-refractivity contribution >= 4 is 28.9 Å². The molecular formula is C11H12ClN3O4. The number of anilines is 1. The summed E-state index contributed by atoms with van der Waals surface area (Å²) in [7, 11) is 0. The topological polar surface area (TPSA) is 110 Å². The molecular weight excluding hydrogens is 274 g/mol. The van der Waals surface area contributed by atoms with Gasteiger partial charge in [0.1, 0.15) is 11.2 Å². The second-order valence-electron chi connectivity index (χ2n) is 4.52. The number of nitrogens with zero attached hydrogens (tertiary/aromatic N) is 2. The maximum Gasteiger partial charge on any atom is 0.325 e. The molecule has 19 heavy (non-hydrogen) atoms. The normalized spacial score (nSPS) is 22.5. The van der Waals surface area contributed by atoms with Gasteiger partial charge in [-0.1, -0.05) is 11.6 Å². The zero-order chi connectivity index (χ0) is 14.2. The van der Waals surface area contributed by atoms with E-state index in [1.165, 1.54) is 18.2 Å². The van der Waals surface area contributed by atoms with Gasteiger partial charge in [0, 0.05) is 24.2 Å². The van der Waals surface area contributed by atoms with Crippen LogP contribution in [0.1, 0.15) is 6.42 Å². The summed E-state index contributed by atoms with van der Waals surface area (Å²) in [6.07, 6.45) is 0.228. The van der Waals surface area contributed by atoms with Gasteiger partial charge in [-0.25, -0.2) is 0 Å². The van der Waals surface area contributed by atoms with E-state index < -0.39 is 16.4 Å². The van der Waals surface area contributed by atoms with E-state index in [2.05, 4.69) is 0 Å². The first-order valence-corrected chi connectivity index (χ1v) is 5.92. The highest BCUT2D eigenvalue weighted by Gasteiger charge is 2.42. The van der Waals surface area contributed by atoms with Crippen LogP contribution in [0.4, 0.5) is 11.4 Å². The largest absolute Gasteiger partial charge is 0.480 e. The van der Waals surface area contributed by atoms with Crippen molar-refractivity contribution in [2.45, 2.75) is 12.0 Å². The minimum Gasteiger partial charge on any atom is -0.480 e. The minimum atomic E-state index is -1.38. The lowest BCUT2D eigenvalue weighted by Crippen LogP contribution is -2.50.